The second-order valence-corrected chi connectivity index (χ2v) is 0. The van der Waals surface area contributed by atoms with Crippen LogP contribution in [0.25, 0.3) is 0 Å². The molecule has 0 aliphatic heterocycles. The van der Waals surface area contributed by atoms with E-state index in [4.69, 9.17) is 0 Å². The standard InChI is InChI=1S/Cr.Cu.5O.V/q+3;+2;5*-2;. The van der Waals surface area contributed by atoms with E-state index in [2.05, 4.69) is 0 Å². The van der Waals surface area contributed by atoms with Crippen molar-refractivity contribution in [2.45, 2.75) is 0 Å². The van der Waals surface area contributed by atoms with Crippen LogP contribution in [-0.4, -0.2) is 0 Å². The SMILES string of the molecule is [Cr+3].[Cu+2].[O-2].[O-2].[O-2].[O-2].[O-2].[V]. The molecule has 8 heavy (non-hydrogen) atoms. The van der Waals surface area contributed by atoms with Crippen molar-refractivity contribution >= 4 is 0 Å². The first-order valence-electron chi connectivity index (χ1n) is 0. The smallest absolute Gasteiger partial charge is 2.00 e. The summed E-state index contributed by atoms with van der Waals surface area (Å²) in [5.74, 6) is 0. The Hall–Kier alpha value is 1.44. The summed E-state index contributed by atoms with van der Waals surface area (Å²) >= 11 is 0. The van der Waals surface area contributed by atoms with E-state index in [1.165, 1.54) is 0 Å². The van der Waals surface area contributed by atoms with Gasteiger partial charge in [-0.05, 0) is 0 Å². The molecule has 0 rings (SSSR count). The van der Waals surface area contributed by atoms with E-state index in [0.29, 0.717) is 0 Å². The van der Waals surface area contributed by atoms with Gasteiger partial charge in [-0.15, -0.1) is 0 Å². The van der Waals surface area contributed by atoms with Crippen LogP contribution in [0.3, 0.4) is 0 Å². The number of hydrogen-bond acceptors (Lipinski definition) is 0. The van der Waals surface area contributed by atoms with Gasteiger partial charge < -0.3 is 27.4 Å². The van der Waals surface area contributed by atoms with Crippen LogP contribution in [0.2, 0.25) is 0 Å². The van der Waals surface area contributed by atoms with Crippen molar-refractivity contribution < 1.29 is 80.4 Å². The van der Waals surface area contributed by atoms with E-state index >= 15 is 0 Å². The topological polar surface area (TPSA) is 142 Å². The molecule has 0 saturated carbocycles. The minimum atomic E-state index is 0. The molecule has 0 aliphatic carbocycles. The fourth-order valence-corrected chi connectivity index (χ4v) is 0. The molecule has 0 aromatic carbocycles. The number of hydrogen-bond donors (Lipinski definition) is 0. The first-order chi connectivity index (χ1) is 0. The summed E-state index contributed by atoms with van der Waals surface area (Å²) in [6.45, 7) is 0. The van der Waals surface area contributed by atoms with Gasteiger partial charge in [-0.1, -0.05) is 0 Å². The Morgan fingerprint density at radius 1 is 0.500 bits per heavy atom. The van der Waals surface area contributed by atoms with Crippen LogP contribution in [0.1, 0.15) is 0 Å². The normalized spacial score (nSPS) is 0. The molecule has 0 N–H and O–H groups in total. The van der Waals surface area contributed by atoms with Gasteiger partial charge in [0.05, 0.1) is 0 Å². The molecule has 0 bridgehead atoms. The maximum Gasteiger partial charge on any atom is 3.00 e. The third-order valence-corrected chi connectivity index (χ3v) is 0. The van der Waals surface area contributed by atoms with E-state index in [1.54, 1.807) is 0 Å². The Balaban J connectivity index is 0. The summed E-state index contributed by atoms with van der Waals surface area (Å²) in [6.07, 6.45) is 0. The first kappa shape index (κ1) is 326. The van der Waals surface area contributed by atoms with Gasteiger partial charge in [0.25, 0.3) is 0 Å². The van der Waals surface area contributed by atoms with Crippen molar-refractivity contribution in [3.63, 3.8) is 0 Å². The van der Waals surface area contributed by atoms with E-state index in [-0.39, 0.29) is 80.4 Å². The van der Waals surface area contributed by atoms with Gasteiger partial charge in [0.1, 0.15) is 0 Å². The third-order valence-electron chi connectivity index (χ3n) is 0. The minimum Gasteiger partial charge on any atom is -2.00 e. The molecule has 0 spiro atoms. The molecule has 0 aromatic rings. The van der Waals surface area contributed by atoms with Crippen LogP contribution in [0, 0.1) is 0 Å². The first-order valence-corrected chi connectivity index (χ1v) is 0. The second-order valence-electron chi connectivity index (χ2n) is 0. The summed E-state index contributed by atoms with van der Waals surface area (Å²) in [7, 11) is 0. The summed E-state index contributed by atoms with van der Waals surface area (Å²) in [5, 5.41) is 0. The summed E-state index contributed by atoms with van der Waals surface area (Å²) < 4.78 is 0. The minimum absolute atomic E-state index is 0. The summed E-state index contributed by atoms with van der Waals surface area (Å²) in [6, 6.07) is 0. The molecule has 0 amide bonds. The molecule has 3 radical (unpaired) electrons. The predicted octanol–water partition coefficient (Wildman–Crippen LogP) is -0.601. The van der Waals surface area contributed by atoms with Crippen molar-refractivity contribution in [2.75, 3.05) is 0 Å². The van der Waals surface area contributed by atoms with Gasteiger partial charge in [-0.25, -0.2) is 0 Å². The van der Waals surface area contributed by atoms with Gasteiger partial charge in [0.15, 0.2) is 0 Å². The zero-order valence-corrected chi connectivity index (χ0v) is 6.81. The van der Waals surface area contributed by atoms with Crippen LogP contribution in [0.4, 0.5) is 0 Å². The predicted molar refractivity (Wildman–Crippen MR) is 3.43 cm³/mol. The fourth-order valence-electron chi connectivity index (χ4n) is 0. The molecule has 8 heteroatoms. The molecule has 0 aromatic heterocycles. The largest absolute Gasteiger partial charge is 3.00 e. The zero-order valence-electron chi connectivity index (χ0n) is 3.20. The van der Waals surface area contributed by atoms with Crippen LogP contribution in [-0.2, 0) is 80.4 Å². The molecule has 0 atom stereocenters. The van der Waals surface area contributed by atoms with Gasteiger partial charge in [0.2, 0.25) is 0 Å². The average Bonchev–Trinajstić information content (AvgIpc) is 0. The van der Waals surface area contributed by atoms with Gasteiger partial charge in [-0.2, -0.15) is 0 Å². The van der Waals surface area contributed by atoms with Crippen LogP contribution in [0.15, 0.2) is 0 Å². The van der Waals surface area contributed by atoms with Crippen molar-refractivity contribution in [1.82, 2.24) is 0 Å². The van der Waals surface area contributed by atoms with Crippen molar-refractivity contribution in [2.24, 2.45) is 0 Å². The Morgan fingerprint density at radius 2 is 0.500 bits per heavy atom. The molecule has 0 aliphatic rings. The maximum atomic E-state index is 0. The molecule has 0 unspecified atom stereocenters. The van der Waals surface area contributed by atoms with Crippen molar-refractivity contribution in [3.8, 4) is 0 Å². The summed E-state index contributed by atoms with van der Waals surface area (Å²) in [4.78, 5) is 0. The molecule has 57 valence electrons. The van der Waals surface area contributed by atoms with Crippen LogP contribution < -0.4 is 0 Å². The van der Waals surface area contributed by atoms with E-state index in [9.17, 15) is 0 Å². The molecular weight excluding hydrogens is 246 g/mol. The molecule has 0 saturated heterocycles. The Morgan fingerprint density at radius 3 is 0.500 bits per heavy atom. The zero-order chi connectivity index (χ0) is 0. The average molecular weight is 246 g/mol. The Bertz CT molecular complexity index is 12.4. The fraction of sp³-hybridized carbons (Fsp3) is 0. The second kappa shape index (κ2) is 226. The quantitative estimate of drug-likeness (QED) is 0.503. The van der Waals surface area contributed by atoms with E-state index < -0.39 is 0 Å². The van der Waals surface area contributed by atoms with Crippen LogP contribution in [0.5, 0.6) is 0 Å². The molecule has 0 fully saturated rings. The van der Waals surface area contributed by atoms with Crippen molar-refractivity contribution in [3.05, 3.63) is 0 Å². The molecular formula is CrCuO5V-5. The van der Waals surface area contributed by atoms with Gasteiger partial charge >= 0.3 is 34.4 Å². The van der Waals surface area contributed by atoms with E-state index in [0.717, 1.165) is 0 Å². The number of rotatable bonds is 0. The van der Waals surface area contributed by atoms with Gasteiger partial charge in [-0.3, -0.25) is 0 Å². The van der Waals surface area contributed by atoms with Crippen molar-refractivity contribution in [1.29, 1.82) is 0 Å². The Kier molecular flexibility index (Phi) is 9200. The maximum absolute atomic E-state index is 0. The van der Waals surface area contributed by atoms with Crippen LogP contribution >= 0.6 is 0 Å². The monoisotopic (exact) mass is 246 g/mol. The molecule has 5 nitrogen and oxygen atoms in total. The third kappa shape index (κ3) is 149. The van der Waals surface area contributed by atoms with Gasteiger partial charge in [0, 0.05) is 18.6 Å². The van der Waals surface area contributed by atoms with E-state index in [1.807, 2.05) is 0 Å². The Labute approximate surface area is 80.2 Å². The molecule has 0 heterocycles. The summed E-state index contributed by atoms with van der Waals surface area (Å²) in [5.41, 5.74) is 0.